The average molecular weight is 381 g/mol. The number of anilines is 1. The predicted octanol–water partition coefficient (Wildman–Crippen LogP) is 3.65. The fraction of sp³-hybridized carbons (Fsp3) is 0.364. The van der Waals surface area contributed by atoms with Crippen LogP contribution < -0.4 is 10.6 Å². The Kier molecular flexibility index (Phi) is 7.03. The molecule has 2 aromatic carbocycles. The van der Waals surface area contributed by atoms with E-state index < -0.39 is 0 Å². The maximum atomic E-state index is 12.2. The van der Waals surface area contributed by atoms with E-state index in [1.54, 1.807) is 12.1 Å². The van der Waals surface area contributed by atoms with Gasteiger partial charge in [0.05, 0.1) is 12.7 Å². The van der Waals surface area contributed by atoms with Crippen molar-refractivity contribution in [1.82, 2.24) is 10.2 Å². The molecule has 1 atom stereocenters. The number of amides is 2. The summed E-state index contributed by atoms with van der Waals surface area (Å²) in [6.45, 7) is 2.42. The van der Waals surface area contributed by atoms with Gasteiger partial charge in [-0.15, -0.1) is 0 Å². The molecule has 2 amide bonds. The number of para-hydroxylation sites is 1. The van der Waals surface area contributed by atoms with E-state index >= 15 is 0 Å². The fourth-order valence-electron chi connectivity index (χ4n) is 3.51. The first-order chi connectivity index (χ1) is 13.7. The predicted molar refractivity (Wildman–Crippen MR) is 109 cm³/mol. The molecular formula is C22H27N3O3. The third-order valence-electron chi connectivity index (χ3n) is 5.04. The third kappa shape index (κ3) is 5.57. The van der Waals surface area contributed by atoms with Gasteiger partial charge in [0.2, 0.25) is 0 Å². The van der Waals surface area contributed by atoms with E-state index in [9.17, 15) is 9.59 Å². The maximum Gasteiger partial charge on any atom is 0.337 e. The molecule has 0 aliphatic carbocycles. The Hall–Kier alpha value is -2.86. The number of hydrogen-bond donors (Lipinski definition) is 2. The second-order valence-corrected chi connectivity index (χ2v) is 7.01. The van der Waals surface area contributed by atoms with Crippen molar-refractivity contribution < 1.29 is 14.3 Å². The number of esters is 1. The van der Waals surface area contributed by atoms with Gasteiger partial charge in [0.1, 0.15) is 0 Å². The molecule has 1 saturated heterocycles. The smallest absolute Gasteiger partial charge is 0.337 e. The lowest BCUT2D eigenvalue weighted by Gasteiger charge is -2.35. The summed E-state index contributed by atoms with van der Waals surface area (Å²) in [5, 5.41) is 5.85. The van der Waals surface area contributed by atoms with Crippen molar-refractivity contribution in [3.8, 4) is 0 Å². The van der Waals surface area contributed by atoms with Gasteiger partial charge in [-0.05, 0) is 49.2 Å². The minimum Gasteiger partial charge on any atom is -0.465 e. The summed E-state index contributed by atoms with van der Waals surface area (Å²) in [5.74, 6) is -0.323. The molecule has 6 heteroatoms. The zero-order valence-corrected chi connectivity index (χ0v) is 16.2. The van der Waals surface area contributed by atoms with Gasteiger partial charge in [0.15, 0.2) is 0 Å². The molecule has 148 valence electrons. The van der Waals surface area contributed by atoms with Crippen molar-refractivity contribution in [3.05, 3.63) is 65.7 Å². The van der Waals surface area contributed by atoms with E-state index in [0.717, 1.165) is 37.2 Å². The van der Waals surface area contributed by atoms with Crippen LogP contribution in [0.5, 0.6) is 0 Å². The Morgan fingerprint density at radius 1 is 1.07 bits per heavy atom. The maximum absolute atomic E-state index is 12.2. The summed E-state index contributed by atoms with van der Waals surface area (Å²) in [6.07, 6.45) is 3.39. The minimum absolute atomic E-state index is 0.181. The number of carbonyl (C=O) groups excluding carboxylic acids is 2. The molecule has 1 fully saturated rings. The highest BCUT2D eigenvalue weighted by molar-refractivity contribution is 5.89. The second-order valence-electron chi connectivity index (χ2n) is 7.01. The summed E-state index contributed by atoms with van der Waals surface area (Å²) < 4.78 is 4.74. The number of likely N-dealkylation sites (tertiary alicyclic amines) is 1. The summed E-state index contributed by atoms with van der Waals surface area (Å²) in [6, 6.07) is 17.1. The highest BCUT2D eigenvalue weighted by atomic mass is 16.5. The lowest BCUT2D eigenvalue weighted by Crippen LogP contribution is -2.47. The SMILES string of the molecule is COC(=O)c1ccc(CN2CCCCC2CNC(=O)Nc2ccccc2)cc1. The number of piperidine rings is 1. The summed E-state index contributed by atoms with van der Waals surface area (Å²) in [4.78, 5) is 26.1. The molecular weight excluding hydrogens is 354 g/mol. The van der Waals surface area contributed by atoms with Crippen molar-refractivity contribution >= 4 is 17.7 Å². The number of ether oxygens (including phenoxy) is 1. The molecule has 1 heterocycles. The Morgan fingerprint density at radius 2 is 1.82 bits per heavy atom. The largest absolute Gasteiger partial charge is 0.465 e. The molecule has 0 saturated carbocycles. The zero-order valence-electron chi connectivity index (χ0n) is 16.2. The van der Waals surface area contributed by atoms with Gasteiger partial charge in [0, 0.05) is 24.8 Å². The average Bonchev–Trinajstić information content (AvgIpc) is 2.74. The van der Waals surface area contributed by atoms with E-state index in [0.29, 0.717) is 18.2 Å². The summed E-state index contributed by atoms with van der Waals surface area (Å²) in [5.41, 5.74) is 2.49. The molecule has 0 bridgehead atoms. The van der Waals surface area contributed by atoms with Gasteiger partial charge in [-0.25, -0.2) is 9.59 Å². The highest BCUT2D eigenvalue weighted by Crippen LogP contribution is 2.20. The molecule has 1 aliphatic rings. The molecule has 0 radical (unpaired) electrons. The van der Waals surface area contributed by atoms with Gasteiger partial charge in [-0.1, -0.05) is 36.8 Å². The van der Waals surface area contributed by atoms with Gasteiger partial charge >= 0.3 is 12.0 Å². The fourth-order valence-corrected chi connectivity index (χ4v) is 3.51. The van der Waals surface area contributed by atoms with E-state index in [1.807, 2.05) is 42.5 Å². The first-order valence-corrected chi connectivity index (χ1v) is 9.67. The molecule has 0 aromatic heterocycles. The lowest BCUT2D eigenvalue weighted by atomic mass is 10.0. The number of urea groups is 1. The second kappa shape index (κ2) is 9.90. The van der Waals surface area contributed by atoms with Crippen LogP contribution in [0.25, 0.3) is 0 Å². The van der Waals surface area contributed by atoms with Crippen LogP contribution in [0.1, 0.15) is 35.2 Å². The number of nitrogens with zero attached hydrogens (tertiary/aromatic N) is 1. The minimum atomic E-state index is -0.323. The molecule has 28 heavy (non-hydrogen) atoms. The van der Waals surface area contributed by atoms with E-state index in [4.69, 9.17) is 4.74 Å². The first-order valence-electron chi connectivity index (χ1n) is 9.67. The third-order valence-corrected chi connectivity index (χ3v) is 5.04. The zero-order chi connectivity index (χ0) is 19.8. The summed E-state index contributed by atoms with van der Waals surface area (Å²) in [7, 11) is 1.38. The highest BCUT2D eigenvalue weighted by Gasteiger charge is 2.23. The van der Waals surface area contributed by atoms with E-state index in [2.05, 4.69) is 15.5 Å². The number of methoxy groups -OCH3 is 1. The Balaban J connectivity index is 1.53. The van der Waals surface area contributed by atoms with Crippen molar-refractivity contribution in [2.75, 3.05) is 25.5 Å². The molecule has 3 rings (SSSR count). The molecule has 6 nitrogen and oxygen atoms in total. The Labute approximate surface area is 165 Å². The number of benzene rings is 2. The van der Waals surface area contributed by atoms with Crippen LogP contribution in [0.3, 0.4) is 0 Å². The van der Waals surface area contributed by atoms with Gasteiger partial charge in [-0.2, -0.15) is 0 Å². The van der Waals surface area contributed by atoms with Crippen molar-refractivity contribution in [3.63, 3.8) is 0 Å². The van der Waals surface area contributed by atoms with Crippen molar-refractivity contribution in [2.45, 2.75) is 31.8 Å². The topological polar surface area (TPSA) is 70.7 Å². The monoisotopic (exact) mass is 381 g/mol. The van der Waals surface area contributed by atoms with Gasteiger partial charge in [-0.3, -0.25) is 4.90 Å². The molecule has 2 aromatic rings. The van der Waals surface area contributed by atoms with Crippen LogP contribution >= 0.6 is 0 Å². The van der Waals surface area contributed by atoms with Crippen molar-refractivity contribution in [2.24, 2.45) is 0 Å². The number of nitrogens with one attached hydrogen (secondary N) is 2. The lowest BCUT2D eigenvalue weighted by molar-refractivity contribution is 0.0600. The van der Waals surface area contributed by atoms with Gasteiger partial charge in [0.25, 0.3) is 0 Å². The molecule has 1 unspecified atom stereocenters. The first kappa shape index (κ1) is 19.9. The van der Waals surface area contributed by atoms with E-state index in [1.165, 1.54) is 13.5 Å². The number of rotatable bonds is 6. The van der Waals surface area contributed by atoms with Gasteiger partial charge < -0.3 is 15.4 Å². The molecule has 1 aliphatic heterocycles. The van der Waals surface area contributed by atoms with Crippen molar-refractivity contribution in [1.29, 1.82) is 0 Å². The van der Waals surface area contributed by atoms with Crippen LogP contribution in [0.15, 0.2) is 54.6 Å². The molecule has 2 N–H and O–H groups in total. The number of carbonyl (C=O) groups is 2. The normalized spacial score (nSPS) is 17.0. The Morgan fingerprint density at radius 3 is 2.54 bits per heavy atom. The van der Waals surface area contributed by atoms with Crippen LogP contribution in [-0.4, -0.2) is 43.1 Å². The van der Waals surface area contributed by atoms with Crippen LogP contribution in [0.4, 0.5) is 10.5 Å². The Bertz CT molecular complexity index is 777. The van der Waals surface area contributed by atoms with E-state index in [-0.39, 0.29) is 12.0 Å². The number of hydrogen-bond acceptors (Lipinski definition) is 4. The van der Waals surface area contributed by atoms with Crippen LogP contribution in [0, 0.1) is 0 Å². The van der Waals surface area contributed by atoms with Crippen LogP contribution in [-0.2, 0) is 11.3 Å². The standard InChI is InChI=1S/C22H27N3O3/c1-28-21(26)18-12-10-17(11-13-18)16-25-14-6-5-9-20(25)15-23-22(27)24-19-7-3-2-4-8-19/h2-4,7-8,10-13,20H,5-6,9,14-16H2,1H3,(H2,23,24,27). The molecule has 0 spiro atoms. The quantitative estimate of drug-likeness (QED) is 0.750. The van der Waals surface area contributed by atoms with Crippen LogP contribution in [0.2, 0.25) is 0 Å². The summed E-state index contributed by atoms with van der Waals surface area (Å²) >= 11 is 0.